The fraction of sp³-hybridized carbons (Fsp3) is 0.571. The Kier molecular flexibility index (Phi) is 8.71. The summed E-state index contributed by atoms with van der Waals surface area (Å²) < 4.78 is 37.8. The Labute approximate surface area is 185 Å². The van der Waals surface area contributed by atoms with Gasteiger partial charge in [0.05, 0.1) is 5.56 Å². The van der Waals surface area contributed by atoms with E-state index >= 15 is 0 Å². The van der Waals surface area contributed by atoms with Gasteiger partial charge in [0, 0.05) is 17.4 Å². The summed E-state index contributed by atoms with van der Waals surface area (Å²) in [6.07, 6.45) is 12.3. The Morgan fingerprint density at radius 3 is 2.00 bits per heavy atom. The maximum Gasteiger partial charge on any atom is 0.416 e. The van der Waals surface area contributed by atoms with Crippen LogP contribution in [0.15, 0.2) is 36.4 Å². The number of halogens is 3. The first-order chi connectivity index (χ1) is 14.9. The molecule has 3 heteroatoms. The Morgan fingerprint density at radius 1 is 0.871 bits per heavy atom. The maximum absolute atomic E-state index is 12.6. The second-order valence-electron chi connectivity index (χ2n) is 9.11. The molecule has 0 atom stereocenters. The van der Waals surface area contributed by atoms with Crippen LogP contribution in [0, 0.1) is 47.4 Å². The number of hydrogen-bond donors (Lipinski definition) is 0. The molecule has 2 saturated carbocycles. The van der Waals surface area contributed by atoms with Crippen LogP contribution < -0.4 is 0 Å². The predicted molar refractivity (Wildman–Crippen MR) is 121 cm³/mol. The highest BCUT2D eigenvalue weighted by molar-refractivity contribution is 5.39. The van der Waals surface area contributed by atoms with Gasteiger partial charge < -0.3 is 0 Å². The van der Waals surface area contributed by atoms with Gasteiger partial charge in [-0.15, -0.1) is 0 Å². The molecule has 0 nitrogen and oxygen atoms in total. The van der Waals surface area contributed by atoms with Crippen LogP contribution in [-0.4, -0.2) is 0 Å². The molecule has 0 radical (unpaired) electrons. The van der Waals surface area contributed by atoms with Crippen molar-refractivity contribution < 1.29 is 13.2 Å². The van der Waals surface area contributed by atoms with Crippen molar-refractivity contribution in [1.29, 1.82) is 0 Å². The third kappa shape index (κ3) is 7.81. The van der Waals surface area contributed by atoms with Gasteiger partial charge in [0.1, 0.15) is 0 Å². The average Bonchev–Trinajstić information content (AvgIpc) is 2.77. The molecule has 2 aliphatic rings. The highest BCUT2D eigenvalue weighted by atomic mass is 19.4. The van der Waals surface area contributed by atoms with E-state index in [4.69, 9.17) is 0 Å². The van der Waals surface area contributed by atoms with Crippen LogP contribution in [0.4, 0.5) is 13.2 Å². The largest absolute Gasteiger partial charge is 0.416 e. The lowest BCUT2D eigenvalue weighted by Gasteiger charge is -2.26. The summed E-state index contributed by atoms with van der Waals surface area (Å²) in [7, 11) is 0. The molecule has 0 bridgehead atoms. The smallest absolute Gasteiger partial charge is 0.166 e. The molecule has 0 aromatic heterocycles. The monoisotopic (exact) mass is 426 g/mol. The molecule has 1 aromatic rings. The first kappa shape index (κ1) is 23.5. The molecular formula is C28H33F3. The fourth-order valence-corrected chi connectivity index (χ4v) is 4.75. The molecule has 31 heavy (non-hydrogen) atoms. The summed E-state index contributed by atoms with van der Waals surface area (Å²) in [5.41, 5.74) is -0.0435. The summed E-state index contributed by atoms with van der Waals surface area (Å²) in [5, 5.41) is 0. The molecule has 0 saturated heterocycles. The van der Waals surface area contributed by atoms with Crippen LogP contribution in [-0.2, 0) is 6.18 Å². The normalized spacial score (nSPS) is 26.6. The Morgan fingerprint density at radius 2 is 1.45 bits per heavy atom. The van der Waals surface area contributed by atoms with Gasteiger partial charge in [-0.1, -0.05) is 49.5 Å². The van der Waals surface area contributed by atoms with Gasteiger partial charge in [0.15, 0.2) is 0 Å². The third-order valence-corrected chi connectivity index (χ3v) is 6.69. The van der Waals surface area contributed by atoms with Crippen LogP contribution in [0.2, 0.25) is 0 Å². The number of alkyl halides is 3. The molecule has 166 valence electrons. The van der Waals surface area contributed by atoms with Gasteiger partial charge in [-0.25, -0.2) is 0 Å². The lowest BCUT2D eigenvalue weighted by atomic mass is 9.79. The maximum atomic E-state index is 12.6. The van der Waals surface area contributed by atoms with E-state index < -0.39 is 11.7 Å². The van der Waals surface area contributed by atoms with Crippen molar-refractivity contribution in [2.45, 2.75) is 77.3 Å². The van der Waals surface area contributed by atoms with Crippen molar-refractivity contribution in [2.24, 2.45) is 23.7 Å². The molecule has 0 aliphatic heterocycles. The highest BCUT2D eigenvalue weighted by Gasteiger charge is 2.29. The zero-order valence-corrected chi connectivity index (χ0v) is 18.5. The van der Waals surface area contributed by atoms with Gasteiger partial charge in [-0.05, 0) is 93.5 Å². The minimum atomic E-state index is -4.30. The minimum Gasteiger partial charge on any atom is -0.166 e. The molecule has 2 aliphatic carbocycles. The lowest BCUT2D eigenvalue weighted by Crippen LogP contribution is -2.14. The average molecular weight is 427 g/mol. The lowest BCUT2D eigenvalue weighted by molar-refractivity contribution is -0.137. The summed E-state index contributed by atoms with van der Waals surface area (Å²) >= 11 is 0. The van der Waals surface area contributed by atoms with E-state index in [1.807, 2.05) is 6.08 Å². The van der Waals surface area contributed by atoms with E-state index in [1.54, 1.807) is 0 Å². The predicted octanol–water partition coefficient (Wildman–Crippen LogP) is 8.03. The molecule has 1 aromatic carbocycles. The summed E-state index contributed by atoms with van der Waals surface area (Å²) in [5.74, 6) is 15.7. The highest BCUT2D eigenvalue weighted by Crippen LogP contribution is 2.33. The van der Waals surface area contributed by atoms with E-state index in [2.05, 4.69) is 36.7 Å². The van der Waals surface area contributed by atoms with Gasteiger partial charge in [-0.3, -0.25) is 0 Å². The molecule has 0 amide bonds. The van der Waals surface area contributed by atoms with Crippen molar-refractivity contribution in [3.05, 3.63) is 47.5 Å². The van der Waals surface area contributed by atoms with Gasteiger partial charge >= 0.3 is 6.18 Å². The van der Waals surface area contributed by atoms with Gasteiger partial charge in [0.25, 0.3) is 0 Å². The van der Waals surface area contributed by atoms with Crippen molar-refractivity contribution in [3.63, 3.8) is 0 Å². The van der Waals surface area contributed by atoms with Crippen molar-refractivity contribution in [2.75, 3.05) is 0 Å². The molecule has 2 fully saturated rings. The van der Waals surface area contributed by atoms with Crippen LogP contribution in [0.1, 0.15) is 82.3 Å². The van der Waals surface area contributed by atoms with Crippen LogP contribution in [0.5, 0.6) is 0 Å². The topological polar surface area (TPSA) is 0 Å². The first-order valence-electron chi connectivity index (χ1n) is 11.8. The second-order valence-corrected chi connectivity index (χ2v) is 9.11. The van der Waals surface area contributed by atoms with Crippen LogP contribution >= 0.6 is 0 Å². The Bertz CT molecular complexity index is 823. The summed E-state index contributed by atoms with van der Waals surface area (Å²) in [4.78, 5) is 0. The first-order valence-corrected chi connectivity index (χ1v) is 11.8. The van der Waals surface area contributed by atoms with Crippen LogP contribution in [0.25, 0.3) is 0 Å². The molecule has 0 unspecified atom stereocenters. The third-order valence-electron chi connectivity index (χ3n) is 6.69. The number of benzene rings is 1. The van der Waals surface area contributed by atoms with E-state index in [0.717, 1.165) is 43.7 Å². The zero-order chi connectivity index (χ0) is 22.1. The SMILES string of the molecule is CCC[C@H]1CC[C@H](C#C[C@H]2CC[C@H](C=CC#Cc3ccc(C(F)(F)F)cc3)CC2)CC1. The zero-order valence-electron chi connectivity index (χ0n) is 18.5. The summed E-state index contributed by atoms with van der Waals surface area (Å²) in [6, 6.07) is 4.99. The number of rotatable bonds is 3. The van der Waals surface area contributed by atoms with Gasteiger partial charge in [0.2, 0.25) is 0 Å². The standard InChI is InChI=1S/C28H33F3/c1-2-5-22-8-12-25(13-9-22)16-17-26-14-10-23(11-15-26)6-3-4-7-24-18-20-27(21-19-24)28(29,30)31/h3,6,18-23,25-26H,2,5,8-15H2,1H3/t22-,23-,25-,26-. The number of allylic oxidation sites excluding steroid dienone is 2. The quantitative estimate of drug-likeness (QED) is 0.429. The van der Waals surface area contributed by atoms with Gasteiger partial charge in [-0.2, -0.15) is 13.2 Å². The van der Waals surface area contributed by atoms with E-state index in [-0.39, 0.29) is 0 Å². The second kappa shape index (κ2) is 11.5. The van der Waals surface area contributed by atoms with E-state index in [1.165, 1.54) is 50.7 Å². The van der Waals surface area contributed by atoms with Crippen LogP contribution in [0.3, 0.4) is 0 Å². The van der Waals surface area contributed by atoms with Crippen molar-refractivity contribution in [3.8, 4) is 23.7 Å². The van der Waals surface area contributed by atoms with Crippen molar-refractivity contribution >= 4 is 0 Å². The molecule has 0 heterocycles. The van der Waals surface area contributed by atoms with E-state index in [0.29, 0.717) is 23.3 Å². The minimum absolute atomic E-state index is 0.532. The van der Waals surface area contributed by atoms with Crippen molar-refractivity contribution in [1.82, 2.24) is 0 Å². The molecule has 0 N–H and O–H groups in total. The number of hydrogen-bond acceptors (Lipinski definition) is 0. The summed E-state index contributed by atoms with van der Waals surface area (Å²) in [6.45, 7) is 2.28. The molecular weight excluding hydrogens is 393 g/mol. The molecule has 3 rings (SSSR count). The fourth-order valence-electron chi connectivity index (χ4n) is 4.75. The van der Waals surface area contributed by atoms with E-state index in [9.17, 15) is 13.2 Å². The Balaban J connectivity index is 1.39. The Hall–Kier alpha value is -2.13. The molecule has 0 spiro atoms.